The van der Waals surface area contributed by atoms with Crippen LogP contribution in [-0.2, 0) is 0 Å². The predicted molar refractivity (Wildman–Crippen MR) is 111 cm³/mol. The normalized spacial score (nSPS) is 13.7. The molecule has 3 aromatic carbocycles. The predicted octanol–water partition coefficient (Wildman–Crippen LogP) is 5.43. The third-order valence-corrected chi connectivity index (χ3v) is 4.88. The Labute approximate surface area is 179 Å². The van der Waals surface area contributed by atoms with Crippen LogP contribution in [0.1, 0.15) is 26.3 Å². The summed E-state index contributed by atoms with van der Waals surface area (Å²) in [6, 6.07) is 15.0. The molecule has 0 saturated heterocycles. The highest BCUT2D eigenvalue weighted by Crippen LogP contribution is 2.36. The molecule has 4 rings (SSSR count). The van der Waals surface area contributed by atoms with Gasteiger partial charge in [0.15, 0.2) is 5.76 Å². The van der Waals surface area contributed by atoms with Gasteiger partial charge in [-0.2, -0.15) is 0 Å². The van der Waals surface area contributed by atoms with E-state index in [1.807, 2.05) is 6.07 Å². The number of carbonyl (C=O) groups excluding carboxylic acids is 2. The van der Waals surface area contributed by atoms with Gasteiger partial charge in [0.1, 0.15) is 23.1 Å². The van der Waals surface area contributed by atoms with Gasteiger partial charge in [-0.1, -0.05) is 22.0 Å². The third-order valence-electron chi connectivity index (χ3n) is 4.39. The van der Waals surface area contributed by atoms with Gasteiger partial charge in [-0.05, 0) is 54.6 Å². The van der Waals surface area contributed by atoms with Gasteiger partial charge in [-0.25, -0.2) is 9.18 Å². The highest BCUT2D eigenvalue weighted by molar-refractivity contribution is 9.10. The van der Waals surface area contributed by atoms with E-state index in [9.17, 15) is 14.0 Å². The number of carbonyl (C=O) groups is 2. The van der Waals surface area contributed by atoms with Crippen LogP contribution in [-0.4, -0.2) is 18.9 Å². The maximum absolute atomic E-state index is 13.3. The smallest absolute Gasteiger partial charge is 0.343 e. The van der Waals surface area contributed by atoms with Crippen LogP contribution >= 0.6 is 15.9 Å². The highest BCUT2D eigenvalue weighted by atomic mass is 79.9. The molecule has 0 aromatic heterocycles. The van der Waals surface area contributed by atoms with E-state index >= 15 is 0 Å². The molecule has 0 amide bonds. The molecule has 150 valence electrons. The minimum absolute atomic E-state index is 0.0785. The topological polar surface area (TPSA) is 61.8 Å². The van der Waals surface area contributed by atoms with Gasteiger partial charge in [0, 0.05) is 16.1 Å². The number of Topliss-reactive ketones (excluding diaryl/α,β-unsaturated/α-hetero) is 1. The molecule has 30 heavy (non-hydrogen) atoms. The van der Waals surface area contributed by atoms with Crippen LogP contribution in [0.4, 0.5) is 4.39 Å². The molecule has 0 atom stereocenters. The number of esters is 1. The summed E-state index contributed by atoms with van der Waals surface area (Å²) in [5.41, 5.74) is 1.09. The second-order valence-corrected chi connectivity index (χ2v) is 7.30. The fourth-order valence-electron chi connectivity index (χ4n) is 2.97. The van der Waals surface area contributed by atoms with E-state index in [2.05, 4.69) is 15.9 Å². The molecule has 0 N–H and O–H groups in total. The van der Waals surface area contributed by atoms with Gasteiger partial charge in [0.05, 0.1) is 18.2 Å². The molecule has 0 aliphatic carbocycles. The summed E-state index contributed by atoms with van der Waals surface area (Å²) in [5, 5.41) is 0. The summed E-state index contributed by atoms with van der Waals surface area (Å²) in [4.78, 5) is 24.9. The number of benzene rings is 3. The monoisotopic (exact) mass is 468 g/mol. The lowest BCUT2D eigenvalue weighted by Crippen LogP contribution is -2.08. The molecule has 0 radical (unpaired) electrons. The van der Waals surface area contributed by atoms with E-state index in [0.29, 0.717) is 16.9 Å². The number of rotatable bonds is 4. The standard InChI is InChI=1S/C23H14BrFO5/c1-28-19-8-5-15(24)9-14(19)11-21-22(26)18-7-6-17(12-20(18)30-21)29-23(27)13-3-2-4-16(25)10-13/h2-12H,1H3/b21-11-. The molecule has 1 aliphatic rings. The first kappa shape index (κ1) is 19.8. The van der Waals surface area contributed by atoms with Crippen LogP contribution in [0.2, 0.25) is 0 Å². The quantitative estimate of drug-likeness (QED) is 0.290. The van der Waals surface area contributed by atoms with Gasteiger partial charge in [0.25, 0.3) is 0 Å². The molecule has 3 aromatic rings. The molecule has 5 nitrogen and oxygen atoms in total. The van der Waals surface area contributed by atoms with E-state index in [-0.39, 0.29) is 28.6 Å². The highest BCUT2D eigenvalue weighted by Gasteiger charge is 2.28. The average Bonchev–Trinajstić information content (AvgIpc) is 3.03. The number of allylic oxidation sites excluding steroid dienone is 1. The van der Waals surface area contributed by atoms with Crippen molar-refractivity contribution in [2.75, 3.05) is 7.11 Å². The van der Waals surface area contributed by atoms with Crippen molar-refractivity contribution in [2.45, 2.75) is 0 Å². The van der Waals surface area contributed by atoms with Crippen molar-refractivity contribution in [3.05, 3.63) is 93.4 Å². The van der Waals surface area contributed by atoms with E-state index in [1.54, 1.807) is 18.2 Å². The summed E-state index contributed by atoms with van der Waals surface area (Å²) in [6.07, 6.45) is 1.59. The number of fused-ring (bicyclic) bond motifs is 1. The number of methoxy groups -OCH3 is 1. The molecule has 0 spiro atoms. The van der Waals surface area contributed by atoms with Crippen molar-refractivity contribution in [1.82, 2.24) is 0 Å². The largest absolute Gasteiger partial charge is 0.496 e. The average molecular weight is 469 g/mol. The first-order chi connectivity index (χ1) is 14.4. The molecule has 0 fully saturated rings. The number of ether oxygens (including phenoxy) is 3. The summed E-state index contributed by atoms with van der Waals surface area (Å²) in [7, 11) is 1.54. The van der Waals surface area contributed by atoms with Crippen molar-refractivity contribution < 1.29 is 28.2 Å². The summed E-state index contributed by atoms with van der Waals surface area (Å²) >= 11 is 3.39. The van der Waals surface area contributed by atoms with Crippen LogP contribution in [0, 0.1) is 5.82 Å². The molecular formula is C23H14BrFO5. The zero-order chi connectivity index (χ0) is 21.3. The molecular weight excluding hydrogens is 455 g/mol. The molecule has 1 aliphatic heterocycles. The third kappa shape index (κ3) is 3.97. The summed E-state index contributed by atoms with van der Waals surface area (Å²) < 4.78 is 30.4. The van der Waals surface area contributed by atoms with E-state index in [1.165, 1.54) is 43.5 Å². The maximum atomic E-state index is 13.3. The van der Waals surface area contributed by atoms with Gasteiger partial charge in [-0.15, -0.1) is 0 Å². The van der Waals surface area contributed by atoms with E-state index in [4.69, 9.17) is 14.2 Å². The van der Waals surface area contributed by atoms with Crippen molar-refractivity contribution >= 4 is 33.8 Å². The number of hydrogen-bond acceptors (Lipinski definition) is 5. The zero-order valence-corrected chi connectivity index (χ0v) is 17.2. The van der Waals surface area contributed by atoms with Gasteiger partial charge >= 0.3 is 5.97 Å². The zero-order valence-electron chi connectivity index (χ0n) is 15.6. The lowest BCUT2D eigenvalue weighted by Gasteiger charge is -2.06. The summed E-state index contributed by atoms with van der Waals surface area (Å²) in [6.45, 7) is 0. The Morgan fingerprint density at radius 1 is 1.10 bits per heavy atom. The molecule has 0 bridgehead atoms. The van der Waals surface area contributed by atoms with Gasteiger partial charge in [0.2, 0.25) is 5.78 Å². The van der Waals surface area contributed by atoms with Crippen LogP contribution in [0.25, 0.3) is 6.08 Å². The Hall–Kier alpha value is -3.45. The molecule has 0 unspecified atom stereocenters. The van der Waals surface area contributed by atoms with Crippen molar-refractivity contribution in [3.8, 4) is 17.2 Å². The van der Waals surface area contributed by atoms with Gasteiger partial charge in [-0.3, -0.25) is 4.79 Å². The second kappa shape index (κ2) is 8.12. The lowest BCUT2D eigenvalue weighted by molar-refractivity contribution is 0.0734. The molecule has 7 heteroatoms. The van der Waals surface area contributed by atoms with Gasteiger partial charge < -0.3 is 14.2 Å². The van der Waals surface area contributed by atoms with E-state index < -0.39 is 11.8 Å². The maximum Gasteiger partial charge on any atom is 0.343 e. The second-order valence-electron chi connectivity index (χ2n) is 6.38. The lowest BCUT2D eigenvalue weighted by atomic mass is 10.1. The fourth-order valence-corrected chi connectivity index (χ4v) is 3.35. The van der Waals surface area contributed by atoms with Crippen molar-refractivity contribution in [1.29, 1.82) is 0 Å². The number of halogens is 2. The number of ketones is 1. The van der Waals surface area contributed by atoms with Crippen molar-refractivity contribution in [3.63, 3.8) is 0 Å². The van der Waals surface area contributed by atoms with Crippen LogP contribution in [0.15, 0.2) is 70.9 Å². The minimum Gasteiger partial charge on any atom is -0.496 e. The Bertz CT molecular complexity index is 1200. The summed E-state index contributed by atoms with van der Waals surface area (Å²) in [5.74, 6) is -0.395. The van der Waals surface area contributed by atoms with Crippen molar-refractivity contribution in [2.24, 2.45) is 0 Å². The Balaban J connectivity index is 1.59. The Kier molecular flexibility index (Phi) is 5.37. The molecule has 0 saturated carbocycles. The Morgan fingerprint density at radius 3 is 2.70 bits per heavy atom. The van der Waals surface area contributed by atoms with Crippen LogP contribution in [0.3, 0.4) is 0 Å². The first-order valence-electron chi connectivity index (χ1n) is 8.84. The number of hydrogen-bond donors (Lipinski definition) is 0. The van der Waals surface area contributed by atoms with Crippen LogP contribution in [0.5, 0.6) is 17.2 Å². The Morgan fingerprint density at radius 2 is 1.93 bits per heavy atom. The van der Waals surface area contributed by atoms with Crippen LogP contribution < -0.4 is 14.2 Å². The minimum atomic E-state index is -0.714. The fraction of sp³-hybridized carbons (Fsp3) is 0.0435. The first-order valence-corrected chi connectivity index (χ1v) is 9.63. The SMILES string of the molecule is COc1ccc(Br)cc1/C=C1\Oc2cc(OC(=O)c3cccc(F)c3)ccc2C1=O. The molecule has 1 heterocycles. The van der Waals surface area contributed by atoms with E-state index in [0.717, 1.165) is 10.5 Å².